The van der Waals surface area contributed by atoms with Gasteiger partial charge in [-0.1, -0.05) is 18.2 Å². The molecule has 102 valence electrons. The summed E-state index contributed by atoms with van der Waals surface area (Å²) in [6.07, 6.45) is 0. The molecular formula is C17H11NO3. The molecule has 0 aliphatic heterocycles. The van der Waals surface area contributed by atoms with Crippen LogP contribution in [0.5, 0.6) is 5.75 Å². The lowest BCUT2D eigenvalue weighted by Gasteiger charge is -2.08. The minimum atomic E-state index is -0.460. The summed E-state index contributed by atoms with van der Waals surface area (Å²) >= 11 is 0. The van der Waals surface area contributed by atoms with Gasteiger partial charge in [0.1, 0.15) is 11.3 Å². The molecule has 0 saturated carbocycles. The van der Waals surface area contributed by atoms with Gasteiger partial charge in [0, 0.05) is 28.6 Å². The summed E-state index contributed by atoms with van der Waals surface area (Å²) in [6, 6.07) is 16.0. The number of benzene rings is 2. The number of hydrogen-bond acceptors (Lipinski definition) is 4. The van der Waals surface area contributed by atoms with Crippen LogP contribution < -0.4 is 10.4 Å². The number of ether oxygens (including phenoxy) is 1. The highest BCUT2D eigenvalue weighted by atomic mass is 16.5. The molecule has 0 aliphatic carbocycles. The number of fused-ring (bicyclic) bond motifs is 1. The molecule has 0 atom stereocenters. The molecule has 4 heteroatoms. The molecule has 0 aliphatic rings. The number of rotatable bonds is 2. The van der Waals surface area contributed by atoms with E-state index in [1.54, 1.807) is 31.4 Å². The second-order valence-electron chi connectivity index (χ2n) is 4.50. The van der Waals surface area contributed by atoms with Crippen molar-refractivity contribution in [1.29, 1.82) is 5.26 Å². The van der Waals surface area contributed by atoms with Crippen molar-refractivity contribution in [3.05, 3.63) is 64.5 Å². The average Bonchev–Trinajstić information content (AvgIpc) is 2.53. The molecule has 1 heterocycles. The molecule has 3 aromatic rings. The first-order valence-electron chi connectivity index (χ1n) is 6.34. The molecule has 21 heavy (non-hydrogen) atoms. The van der Waals surface area contributed by atoms with E-state index >= 15 is 0 Å². The number of methoxy groups -OCH3 is 1. The predicted molar refractivity (Wildman–Crippen MR) is 79.2 cm³/mol. The first-order valence-corrected chi connectivity index (χ1v) is 6.34. The highest BCUT2D eigenvalue weighted by molar-refractivity contribution is 5.95. The third-order valence-electron chi connectivity index (χ3n) is 3.29. The van der Waals surface area contributed by atoms with Gasteiger partial charge in [0.15, 0.2) is 0 Å². The van der Waals surface area contributed by atoms with Crippen LogP contribution >= 0.6 is 0 Å². The van der Waals surface area contributed by atoms with E-state index in [2.05, 4.69) is 6.07 Å². The van der Waals surface area contributed by atoms with E-state index in [0.29, 0.717) is 28.0 Å². The van der Waals surface area contributed by atoms with Gasteiger partial charge in [-0.3, -0.25) is 0 Å². The van der Waals surface area contributed by atoms with Crippen molar-refractivity contribution in [3.63, 3.8) is 0 Å². The molecule has 0 amide bonds. The number of hydrogen-bond donors (Lipinski definition) is 0. The molecule has 0 fully saturated rings. The van der Waals surface area contributed by atoms with E-state index < -0.39 is 5.63 Å². The maximum Gasteiger partial charge on any atom is 0.336 e. The fourth-order valence-electron chi connectivity index (χ4n) is 2.31. The summed E-state index contributed by atoms with van der Waals surface area (Å²) in [4.78, 5) is 11.8. The van der Waals surface area contributed by atoms with Crippen LogP contribution in [0.25, 0.3) is 22.1 Å². The van der Waals surface area contributed by atoms with E-state index in [-0.39, 0.29) is 0 Å². The van der Waals surface area contributed by atoms with Crippen LogP contribution in [-0.4, -0.2) is 7.11 Å². The SMILES string of the molecule is COc1ccc2c(-c3ccccc3C#N)cc(=O)oc2c1. The Morgan fingerprint density at radius 2 is 1.90 bits per heavy atom. The minimum absolute atomic E-state index is 0.435. The van der Waals surface area contributed by atoms with Gasteiger partial charge in [-0.05, 0) is 18.2 Å². The Balaban J connectivity index is 2.38. The van der Waals surface area contributed by atoms with Crippen LogP contribution in [0.15, 0.2) is 57.7 Å². The zero-order valence-corrected chi connectivity index (χ0v) is 11.3. The molecule has 0 saturated heterocycles. The van der Waals surface area contributed by atoms with Gasteiger partial charge in [-0.25, -0.2) is 4.79 Å². The van der Waals surface area contributed by atoms with Gasteiger partial charge in [0.2, 0.25) is 0 Å². The van der Waals surface area contributed by atoms with Crippen molar-refractivity contribution in [3.8, 4) is 22.9 Å². The van der Waals surface area contributed by atoms with Crippen molar-refractivity contribution in [2.24, 2.45) is 0 Å². The lowest BCUT2D eigenvalue weighted by molar-refractivity contribution is 0.414. The summed E-state index contributed by atoms with van der Waals surface area (Å²) in [7, 11) is 1.55. The molecule has 0 unspecified atom stereocenters. The van der Waals surface area contributed by atoms with Crippen LogP contribution in [0.3, 0.4) is 0 Å². The highest BCUT2D eigenvalue weighted by Gasteiger charge is 2.11. The maximum absolute atomic E-state index is 11.8. The van der Waals surface area contributed by atoms with E-state index in [1.807, 2.05) is 18.2 Å². The average molecular weight is 277 g/mol. The van der Waals surface area contributed by atoms with Crippen molar-refractivity contribution in [2.45, 2.75) is 0 Å². The standard InChI is InChI=1S/C17H11NO3/c1-20-12-6-7-14-15(9-17(19)21-16(14)8-12)13-5-3-2-4-11(13)10-18/h2-9H,1H3. The zero-order valence-electron chi connectivity index (χ0n) is 11.3. The Morgan fingerprint density at radius 3 is 2.67 bits per heavy atom. The Bertz CT molecular complexity index is 919. The molecule has 0 spiro atoms. The maximum atomic E-state index is 11.8. The second-order valence-corrected chi connectivity index (χ2v) is 4.50. The molecule has 3 rings (SSSR count). The fraction of sp³-hybridized carbons (Fsp3) is 0.0588. The van der Waals surface area contributed by atoms with Gasteiger partial charge in [0.05, 0.1) is 18.7 Å². The Hall–Kier alpha value is -3.06. The molecule has 2 aromatic carbocycles. The summed E-state index contributed by atoms with van der Waals surface area (Å²) in [6.45, 7) is 0. The normalized spacial score (nSPS) is 10.3. The third kappa shape index (κ3) is 2.26. The van der Waals surface area contributed by atoms with Crippen LogP contribution in [-0.2, 0) is 0 Å². The Morgan fingerprint density at radius 1 is 1.10 bits per heavy atom. The lowest BCUT2D eigenvalue weighted by Crippen LogP contribution is -1.99. The van der Waals surface area contributed by atoms with Gasteiger partial charge in [-0.2, -0.15) is 5.26 Å². The van der Waals surface area contributed by atoms with Gasteiger partial charge in [-0.15, -0.1) is 0 Å². The second kappa shape index (κ2) is 5.14. The largest absolute Gasteiger partial charge is 0.497 e. The van der Waals surface area contributed by atoms with Gasteiger partial charge < -0.3 is 9.15 Å². The van der Waals surface area contributed by atoms with Crippen LogP contribution in [0.4, 0.5) is 0 Å². The number of nitriles is 1. The minimum Gasteiger partial charge on any atom is -0.497 e. The lowest BCUT2D eigenvalue weighted by atomic mass is 9.98. The topological polar surface area (TPSA) is 63.2 Å². The van der Waals surface area contributed by atoms with Crippen molar-refractivity contribution in [2.75, 3.05) is 7.11 Å². The highest BCUT2D eigenvalue weighted by Crippen LogP contribution is 2.31. The Labute approximate surface area is 120 Å². The molecule has 4 nitrogen and oxygen atoms in total. The van der Waals surface area contributed by atoms with E-state index in [9.17, 15) is 10.1 Å². The third-order valence-corrected chi connectivity index (χ3v) is 3.29. The quantitative estimate of drug-likeness (QED) is 0.674. The molecule has 0 radical (unpaired) electrons. The van der Waals surface area contributed by atoms with Crippen molar-refractivity contribution >= 4 is 11.0 Å². The van der Waals surface area contributed by atoms with Gasteiger partial charge >= 0.3 is 5.63 Å². The fourth-order valence-corrected chi connectivity index (χ4v) is 2.31. The summed E-state index contributed by atoms with van der Waals surface area (Å²) < 4.78 is 10.4. The first-order chi connectivity index (χ1) is 10.2. The molecule has 0 bridgehead atoms. The summed E-state index contributed by atoms with van der Waals surface area (Å²) in [5.41, 5.74) is 1.88. The van der Waals surface area contributed by atoms with Crippen LogP contribution in [0.1, 0.15) is 5.56 Å². The molecule has 1 aromatic heterocycles. The molecule has 0 N–H and O–H groups in total. The van der Waals surface area contributed by atoms with E-state index in [0.717, 1.165) is 5.39 Å². The van der Waals surface area contributed by atoms with E-state index in [4.69, 9.17) is 9.15 Å². The van der Waals surface area contributed by atoms with Gasteiger partial charge in [0.25, 0.3) is 0 Å². The van der Waals surface area contributed by atoms with E-state index in [1.165, 1.54) is 6.07 Å². The Kier molecular flexibility index (Phi) is 3.17. The summed E-state index contributed by atoms with van der Waals surface area (Å²) in [5, 5.41) is 9.99. The first kappa shape index (κ1) is 12.9. The van der Waals surface area contributed by atoms with Crippen molar-refractivity contribution in [1.82, 2.24) is 0 Å². The zero-order chi connectivity index (χ0) is 14.8. The van der Waals surface area contributed by atoms with Crippen molar-refractivity contribution < 1.29 is 9.15 Å². The number of nitrogens with zero attached hydrogens (tertiary/aromatic N) is 1. The van der Waals surface area contributed by atoms with Crippen LogP contribution in [0.2, 0.25) is 0 Å². The smallest absolute Gasteiger partial charge is 0.336 e. The monoisotopic (exact) mass is 277 g/mol. The predicted octanol–water partition coefficient (Wildman–Crippen LogP) is 3.34. The molecular weight excluding hydrogens is 266 g/mol. The van der Waals surface area contributed by atoms with Crippen LogP contribution in [0, 0.1) is 11.3 Å². The summed E-state index contributed by atoms with van der Waals surface area (Å²) in [5.74, 6) is 0.608.